The van der Waals surface area contributed by atoms with Gasteiger partial charge in [-0.2, -0.15) is 0 Å². The van der Waals surface area contributed by atoms with Gasteiger partial charge in [0.15, 0.2) is 0 Å². The Balaban J connectivity index is 2.49. The van der Waals surface area contributed by atoms with Crippen LogP contribution in [0.1, 0.15) is 40.0 Å². The van der Waals surface area contributed by atoms with Crippen LogP contribution in [0, 0.1) is 16.2 Å². The molecule has 4 nitrogen and oxygen atoms in total. The molecule has 2 rings (SSSR count). The lowest BCUT2D eigenvalue weighted by molar-refractivity contribution is -0.145. The van der Waals surface area contributed by atoms with Gasteiger partial charge in [-0.05, 0) is 30.1 Å². The van der Waals surface area contributed by atoms with Gasteiger partial charge in [0.2, 0.25) is 5.91 Å². The molecule has 0 aromatic carbocycles. The van der Waals surface area contributed by atoms with E-state index in [4.69, 9.17) is 5.21 Å². The SMILES string of the molecule is CC1(C)[C@@]2(C(=O)NO)CC[C@]1(C)[C@@H](O)C2. The molecule has 3 atom stereocenters. The molecule has 2 saturated carbocycles. The molecular weight excluding hydrogens is 194 g/mol. The van der Waals surface area contributed by atoms with Crippen LogP contribution in [0.5, 0.6) is 0 Å². The second-order valence-corrected chi connectivity index (χ2v) is 5.79. The van der Waals surface area contributed by atoms with Crippen molar-refractivity contribution in [1.82, 2.24) is 5.48 Å². The second-order valence-electron chi connectivity index (χ2n) is 5.79. The van der Waals surface area contributed by atoms with Crippen molar-refractivity contribution in [3.8, 4) is 0 Å². The van der Waals surface area contributed by atoms with E-state index in [2.05, 4.69) is 0 Å². The third-order valence-corrected chi connectivity index (χ3v) is 5.51. The molecule has 0 saturated heterocycles. The Hall–Kier alpha value is -0.610. The maximum Gasteiger partial charge on any atom is 0.250 e. The summed E-state index contributed by atoms with van der Waals surface area (Å²) < 4.78 is 0. The third kappa shape index (κ3) is 0.923. The molecule has 15 heavy (non-hydrogen) atoms. The summed E-state index contributed by atoms with van der Waals surface area (Å²) in [5.41, 5.74) is 0.687. The first-order valence-corrected chi connectivity index (χ1v) is 5.44. The summed E-state index contributed by atoms with van der Waals surface area (Å²) >= 11 is 0. The smallest absolute Gasteiger partial charge is 0.250 e. The van der Waals surface area contributed by atoms with Gasteiger partial charge >= 0.3 is 0 Å². The molecule has 0 aromatic heterocycles. The highest BCUT2D eigenvalue weighted by atomic mass is 16.5. The number of aliphatic hydroxyl groups is 1. The Morgan fingerprint density at radius 1 is 1.33 bits per heavy atom. The molecule has 0 radical (unpaired) electrons. The number of carbonyl (C=O) groups excluding carboxylic acids is 1. The number of carbonyl (C=O) groups is 1. The predicted octanol–water partition coefficient (Wildman–Crippen LogP) is 1.07. The molecule has 0 spiro atoms. The summed E-state index contributed by atoms with van der Waals surface area (Å²) in [6.07, 6.45) is 1.61. The zero-order valence-electron chi connectivity index (χ0n) is 9.50. The van der Waals surface area contributed by atoms with Crippen molar-refractivity contribution in [2.45, 2.75) is 46.1 Å². The fraction of sp³-hybridized carbons (Fsp3) is 0.909. The van der Waals surface area contributed by atoms with Crippen molar-refractivity contribution in [2.24, 2.45) is 16.2 Å². The van der Waals surface area contributed by atoms with Crippen LogP contribution in [0.2, 0.25) is 0 Å². The molecule has 1 amide bonds. The van der Waals surface area contributed by atoms with E-state index in [1.165, 1.54) is 0 Å². The minimum absolute atomic E-state index is 0.209. The van der Waals surface area contributed by atoms with E-state index in [0.717, 1.165) is 12.8 Å². The van der Waals surface area contributed by atoms with Gasteiger partial charge in [-0.15, -0.1) is 0 Å². The van der Waals surface area contributed by atoms with Gasteiger partial charge in [-0.25, -0.2) is 5.48 Å². The van der Waals surface area contributed by atoms with Crippen LogP contribution in [0.15, 0.2) is 0 Å². The summed E-state index contributed by atoms with van der Waals surface area (Å²) in [5.74, 6) is -0.340. The summed E-state index contributed by atoms with van der Waals surface area (Å²) in [6, 6.07) is 0. The van der Waals surface area contributed by atoms with E-state index in [1.54, 1.807) is 5.48 Å². The van der Waals surface area contributed by atoms with Crippen LogP contribution >= 0.6 is 0 Å². The van der Waals surface area contributed by atoms with E-state index in [0.29, 0.717) is 6.42 Å². The summed E-state index contributed by atoms with van der Waals surface area (Å²) in [5, 5.41) is 18.9. The Morgan fingerprint density at radius 2 is 1.93 bits per heavy atom. The van der Waals surface area contributed by atoms with E-state index in [9.17, 15) is 9.90 Å². The molecule has 4 heteroatoms. The highest BCUT2D eigenvalue weighted by Gasteiger charge is 2.72. The largest absolute Gasteiger partial charge is 0.393 e. The first-order chi connectivity index (χ1) is 6.82. The average molecular weight is 213 g/mol. The van der Waals surface area contributed by atoms with Gasteiger partial charge in [0, 0.05) is 0 Å². The molecule has 3 N–H and O–H groups in total. The van der Waals surface area contributed by atoms with Crippen molar-refractivity contribution >= 4 is 5.91 Å². The quantitative estimate of drug-likeness (QED) is 0.451. The van der Waals surface area contributed by atoms with Crippen molar-refractivity contribution in [3.63, 3.8) is 0 Å². The normalized spacial score (nSPS) is 46.9. The third-order valence-electron chi connectivity index (χ3n) is 5.51. The van der Waals surface area contributed by atoms with Gasteiger partial charge in [0.25, 0.3) is 0 Å². The number of nitrogens with one attached hydrogen (secondary N) is 1. The number of hydroxylamine groups is 1. The van der Waals surface area contributed by atoms with Gasteiger partial charge in [-0.3, -0.25) is 10.0 Å². The molecule has 2 aliphatic rings. The minimum Gasteiger partial charge on any atom is -0.393 e. The van der Waals surface area contributed by atoms with Crippen LogP contribution in [0.25, 0.3) is 0 Å². The maximum absolute atomic E-state index is 11.8. The molecule has 0 unspecified atom stereocenters. The highest BCUT2D eigenvalue weighted by Crippen LogP contribution is 2.72. The number of hydrogen-bond acceptors (Lipinski definition) is 3. The Morgan fingerprint density at radius 3 is 2.27 bits per heavy atom. The van der Waals surface area contributed by atoms with Crippen LogP contribution in [-0.4, -0.2) is 22.3 Å². The van der Waals surface area contributed by atoms with Crippen LogP contribution in [0.4, 0.5) is 0 Å². The minimum atomic E-state index is -0.601. The number of aliphatic hydroxyl groups excluding tert-OH is 1. The summed E-state index contributed by atoms with van der Waals surface area (Å²) in [6.45, 7) is 6.08. The van der Waals surface area contributed by atoms with E-state index in [-0.39, 0.29) is 16.7 Å². The van der Waals surface area contributed by atoms with Crippen LogP contribution < -0.4 is 5.48 Å². The number of amides is 1. The molecule has 2 bridgehead atoms. The van der Waals surface area contributed by atoms with Gasteiger partial charge in [0.1, 0.15) is 0 Å². The molecule has 0 heterocycles. The van der Waals surface area contributed by atoms with Crippen LogP contribution in [-0.2, 0) is 4.79 Å². The molecule has 2 aliphatic carbocycles. The standard InChI is InChI=1S/C11H19NO3/c1-9(2)10(3)4-5-11(9,6-7(10)13)8(14)12-15/h7,13,15H,4-6H2,1-3H3,(H,12,14)/t7-,10+,11-/m0/s1. The second kappa shape index (κ2) is 2.74. The lowest BCUT2D eigenvalue weighted by atomic mass is 9.64. The number of rotatable bonds is 1. The van der Waals surface area contributed by atoms with Crippen molar-refractivity contribution in [3.05, 3.63) is 0 Å². The highest BCUT2D eigenvalue weighted by molar-refractivity contribution is 5.84. The lowest BCUT2D eigenvalue weighted by Crippen LogP contribution is -2.45. The van der Waals surface area contributed by atoms with E-state index < -0.39 is 11.5 Å². The van der Waals surface area contributed by atoms with Crippen molar-refractivity contribution in [1.29, 1.82) is 0 Å². The van der Waals surface area contributed by atoms with E-state index in [1.807, 2.05) is 20.8 Å². The molecular formula is C11H19NO3. The van der Waals surface area contributed by atoms with Gasteiger partial charge in [0.05, 0.1) is 11.5 Å². The Kier molecular flexibility index (Phi) is 1.99. The monoisotopic (exact) mass is 213 g/mol. The number of hydrogen-bond donors (Lipinski definition) is 3. The van der Waals surface area contributed by atoms with Crippen molar-refractivity contribution < 1.29 is 15.1 Å². The topological polar surface area (TPSA) is 69.6 Å². The summed E-state index contributed by atoms with van der Waals surface area (Å²) in [7, 11) is 0. The molecule has 0 aromatic rings. The zero-order chi connectivity index (χ0) is 11.5. The van der Waals surface area contributed by atoms with Gasteiger partial charge in [-0.1, -0.05) is 20.8 Å². The summed E-state index contributed by atoms with van der Waals surface area (Å²) in [4.78, 5) is 11.8. The molecule has 86 valence electrons. The Bertz CT molecular complexity index is 315. The molecule has 2 fully saturated rings. The fourth-order valence-electron chi connectivity index (χ4n) is 3.74. The van der Waals surface area contributed by atoms with Gasteiger partial charge < -0.3 is 5.11 Å². The predicted molar refractivity (Wildman–Crippen MR) is 54.1 cm³/mol. The Labute approximate surface area is 89.6 Å². The first kappa shape index (κ1) is 10.9. The van der Waals surface area contributed by atoms with Crippen LogP contribution in [0.3, 0.4) is 0 Å². The lowest BCUT2D eigenvalue weighted by Gasteiger charge is -2.39. The fourth-order valence-corrected chi connectivity index (χ4v) is 3.74. The molecule has 0 aliphatic heterocycles. The zero-order valence-corrected chi connectivity index (χ0v) is 9.50. The van der Waals surface area contributed by atoms with E-state index >= 15 is 0 Å². The number of fused-ring (bicyclic) bond motifs is 2. The average Bonchev–Trinajstić information content (AvgIpc) is 2.47. The maximum atomic E-state index is 11.8. The van der Waals surface area contributed by atoms with Crippen molar-refractivity contribution in [2.75, 3.05) is 0 Å². The first-order valence-electron chi connectivity index (χ1n) is 5.44.